The van der Waals surface area contributed by atoms with Crippen LogP contribution in [0.2, 0.25) is 0 Å². The third kappa shape index (κ3) is 3.61. The normalized spacial score (nSPS) is 24.5. The maximum Gasteiger partial charge on any atom is 0.138 e. The molecule has 0 aromatic heterocycles. The number of hydrogen-bond donors (Lipinski definition) is 3. The fraction of sp³-hybridized carbons (Fsp3) is 0.600. The number of anilines is 1. The lowest BCUT2D eigenvalue weighted by molar-refractivity contribution is 0.0270. The zero-order valence-electron chi connectivity index (χ0n) is 11.5. The quantitative estimate of drug-likeness (QED) is 0.571. The van der Waals surface area contributed by atoms with Crippen molar-refractivity contribution in [1.29, 1.82) is 0 Å². The summed E-state index contributed by atoms with van der Waals surface area (Å²) in [6.45, 7) is 5.21. The van der Waals surface area contributed by atoms with Crippen molar-refractivity contribution >= 4 is 5.69 Å². The molecule has 19 heavy (non-hydrogen) atoms. The van der Waals surface area contributed by atoms with E-state index in [2.05, 4.69) is 11.8 Å². The van der Waals surface area contributed by atoms with Gasteiger partial charge in [0.2, 0.25) is 0 Å². The van der Waals surface area contributed by atoms with Gasteiger partial charge in [-0.25, -0.2) is 0 Å². The van der Waals surface area contributed by atoms with Gasteiger partial charge in [0.1, 0.15) is 5.75 Å². The summed E-state index contributed by atoms with van der Waals surface area (Å²) in [6, 6.07) is 5.32. The maximum atomic E-state index is 10.1. The Morgan fingerprint density at radius 2 is 2.21 bits per heavy atom. The molecule has 1 aromatic rings. The van der Waals surface area contributed by atoms with Crippen molar-refractivity contribution in [1.82, 2.24) is 4.90 Å². The molecule has 1 saturated heterocycles. The van der Waals surface area contributed by atoms with Crippen molar-refractivity contribution in [2.75, 3.05) is 25.4 Å². The fourth-order valence-electron chi connectivity index (χ4n) is 2.85. The molecule has 1 heterocycles. The highest BCUT2D eigenvalue weighted by atomic mass is 16.3. The van der Waals surface area contributed by atoms with E-state index in [9.17, 15) is 10.2 Å². The first-order valence-corrected chi connectivity index (χ1v) is 7.08. The monoisotopic (exact) mass is 264 g/mol. The summed E-state index contributed by atoms with van der Waals surface area (Å²) < 4.78 is 0. The summed E-state index contributed by atoms with van der Waals surface area (Å²) in [5.74, 6) is 0.379. The lowest BCUT2D eigenvalue weighted by Crippen LogP contribution is -2.44. The van der Waals surface area contributed by atoms with Crippen LogP contribution in [-0.4, -0.2) is 40.9 Å². The van der Waals surface area contributed by atoms with E-state index in [4.69, 9.17) is 5.73 Å². The Kier molecular flexibility index (Phi) is 4.66. The molecule has 1 aliphatic rings. The van der Waals surface area contributed by atoms with Gasteiger partial charge in [-0.2, -0.15) is 0 Å². The van der Waals surface area contributed by atoms with Crippen LogP contribution in [0.4, 0.5) is 5.69 Å². The average Bonchev–Trinajstić information content (AvgIpc) is 2.38. The molecule has 4 heteroatoms. The molecule has 0 radical (unpaired) electrons. The number of aliphatic hydroxyl groups is 1. The van der Waals surface area contributed by atoms with Gasteiger partial charge in [-0.15, -0.1) is 0 Å². The van der Waals surface area contributed by atoms with E-state index in [1.165, 1.54) is 0 Å². The number of aliphatic hydroxyl groups excluding tert-OH is 1. The van der Waals surface area contributed by atoms with Crippen LogP contribution < -0.4 is 5.73 Å². The van der Waals surface area contributed by atoms with Crippen molar-refractivity contribution in [2.45, 2.75) is 32.3 Å². The highest BCUT2D eigenvalue weighted by Crippen LogP contribution is 2.25. The number of piperidine rings is 1. The van der Waals surface area contributed by atoms with Gasteiger partial charge in [0.05, 0.1) is 11.8 Å². The molecule has 2 atom stereocenters. The summed E-state index contributed by atoms with van der Waals surface area (Å²) >= 11 is 0. The number of benzene rings is 1. The Hall–Kier alpha value is -1.26. The molecular weight excluding hydrogens is 240 g/mol. The number of nitrogens with two attached hydrogens (primary N) is 1. The van der Waals surface area contributed by atoms with Crippen LogP contribution >= 0.6 is 0 Å². The summed E-state index contributed by atoms with van der Waals surface area (Å²) in [6.07, 6.45) is 2.57. The smallest absolute Gasteiger partial charge is 0.138 e. The molecule has 4 N–H and O–H groups in total. The number of phenolic OH excluding ortho intramolecular Hbond substituents is 1. The van der Waals surface area contributed by atoms with Crippen LogP contribution in [0, 0.1) is 5.92 Å². The fourth-order valence-corrected chi connectivity index (χ4v) is 2.85. The Balaban J connectivity index is 2.01. The van der Waals surface area contributed by atoms with Crippen LogP contribution in [0.25, 0.3) is 0 Å². The van der Waals surface area contributed by atoms with Crippen molar-refractivity contribution in [3.63, 3.8) is 0 Å². The summed E-state index contributed by atoms with van der Waals surface area (Å²) in [4.78, 5) is 2.42. The molecule has 106 valence electrons. The minimum absolute atomic E-state index is 0.126. The molecule has 1 aliphatic heterocycles. The number of phenols is 1. The van der Waals surface area contributed by atoms with Crippen LogP contribution in [0.5, 0.6) is 5.75 Å². The first-order valence-electron chi connectivity index (χ1n) is 7.08. The third-order valence-electron chi connectivity index (χ3n) is 3.91. The predicted octanol–water partition coefficient (Wildman–Crippen LogP) is 1.61. The van der Waals surface area contributed by atoms with E-state index in [0.717, 1.165) is 44.5 Å². The van der Waals surface area contributed by atoms with Gasteiger partial charge in [0.25, 0.3) is 0 Å². The molecule has 2 rings (SSSR count). The maximum absolute atomic E-state index is 10.1. The van der Waals surface area contributed by atoms with E-state index < -0.39 is 0 Å². The molecule has 0 spiro atoms. The Labute approximate surface area is 114 Å². The van der Waals surface area contributed by atoms with E-state index in [0.29, 0.717) is 5.69 Å². The largest absolute Gasteiger partial charge is 0.506 e. The van der Waals surface area contributed by atoms with Gasteiger partial charge in [-0.1, -0.05) is 13.0 Å². The molecular formula is C15H24N2O2. The topological polar surface area (TPSA) is 69.7 Å². The van der Waals surface area contributed by atoms with Crippen LogP contribution in [-0.2, 0) is 6.42 Å². The van der Waals surface area contributed by atoms with Crippen molar-refractivity contribution in [2.24, 2.45) is 5.92 Å². The van der Waals surface area contributed by atoms with Gasteiger partial charge in [0, 0.05) is 19.0 Å². The van der Waals surface area contributed by atoms with E-state index in [-0.39, 0.29) is 17.8 Å². The van der Waals surface area contributed by atoms with Gasteiger partial charge >= 0.3 is 0 Å². The minimum atomic E-state index is -0.233. The van der Waals surface area contributed by atoms with Crippen molar-refractivity contribution < 1.29 is 10.2 Å². The predicted molar refractivity (Wildman–Crippen MR) is 77.1 cm³/mol. The Morgan fingerprint density at radius 3 is 2.89 bits per heavy atom. The van der Waals surface area contributed by atoms with Crippen molar-refractivity contribution in [3.8, 4) is 5.75 Å². The van der Waals surface area contributed by atoms with Gasteiger partial charge < -0.3 is 20.8 Å². The zero-order chi connectivity index (χ0) is 13.8. The molecule has 4 nitrogen and oxygen atoms in total. The number of nitrogens with zero attached hydrogens (tertiary/aromatic N) is 1. The average molecular weight is 264 g/mol. The second-order valence-electron chi connectivity index (χ2n) is 5.51. The molecule has 0 bridgehead atoms. The lowest BCUT2D eigenvalue weighted by atomic mass is 9.88. The number of rotatable bonds is 4. The van der Waals surface area contributed by atoms with Gasteiger partial charge in [-0.05, 0) is 43.5 Å². The van der Waals surface area contributed by atoms with Gasteiger partial charge in [-0.3, -0.25) is 0 Å². The number of nitrogen functional groups attached to an aromatic ring is 1. The van der Waals surface area contributed by atoms with E-state index in [1.807, 2.05) is 6.07 Å². The number of hydrogen-bond acceptors (Lipinski definition) is 4. The number of likely N-dealkylation sites (tertiary alicyclic amines) is 1. The SMILES string of the molecule is CCCN1CCC(O)C(Cc2ccc(O)c(N)c2)C1. The summed E-state index contributed by atoms with van der Waals surface area (Å²) in [7, 11) is 0. The lowest BCUT2D eigenvalue weighted by Gasteiger charge is -2.36. The Morgan fingerprint density at radius 1 is 1.42 bits per heavy atom. The molecule has 0 aliphatic carbocycles. The highest BCUT2D eigenvalue weighted by molar-refractivity contribution is 5.53. The van der Waals surface area contributed by atoms with Crippen LogP contribution in [0.3, 0.4) is 0 Å². The zero-order valence-corrected chi connectivity index (χ0v) is 11.5. The molecule has 2 unspecified atom stereocenters. The van der Waals surface area contributed by atoms with Gasteiger partial charge in [0.15, 0.2) is 0 Å². The minimum Gasteiger partial charge on any atom is -0.506 e. The first-order chi connectivity index (χ1) is 9.10. The summed E-state index contributed by atoms with van der Waals surface area (Å²) in [5.41, 5.74) is 7.20. The highest BCUT2D eigenvalue weighted by Gasteiger charge is 2.27. The second-order valence-corrected chi connectivity index (χ2v) is 5.51. The first kappa shape index (κ1) is 14.2. The number of aromatic hydroxyl groups is 1. The van der Waals surface area contributed by atoms with E-state index in [1.54, 1.807) is 12.1 Å². The standard InChI is InChI=1S/C15H24N2O2/c1-2-6-17-7-5-14(18)12(10-17)8-11-3-4-15(19)13(16)9-11/h3-4,9,12,14,18-19H,2,5-8,10,16H2,1H3. The Bertz CT molecular complexity index is 423. The van der Waals surface area contributed by atoms with Crippen LogP contribution in [0.1, 0.15) is 25.3 Å². The molecule has 1 aromatic carbocycles. The van der Waals surface area contributed by atoms with E-state index >= 15 is 0 Å². The summed E-state index contributed by atoms with van der Waals surface area (Å²) in [5, 5.41) is 19.6. The third-order valence-corrected chi connectivity index (χ3v) is 3.91. The molecule has 0 amide bonds. The van der Waals surface area contributed by atoms with Crippen molar-refractivity contribution in [3.05, 3.63) is 23.8 Å². The molecule has 0 saturated carbocycles. The second kappa shape index (κ2) is 6.26. The molecule has 1 fully saturated rings. The van der Waals surface area contributed by atoms with Crippen LogP contribution in [0.15, 0.2) is 18.2 Å².